The van der Waals surface area contributed by atoms with Gasteiger partial charge in [0.25, 0.3) is 17.5 Å². The van der Waals surface area contributed by atoms with Crippen molar-refractivity contribution < 1.29 is 24.0 Å². The summed E-state index contributed by atoms with van der Waals surface area (Å²) in [4.78, 5) is 34.4. The Bertz CT molecular complexity index is 540. The number of carbonyl (C=O) groups is 2. The molecule has 1 aliphatic heterocycles. The van der Waals surface area contributed by atoms with Crippen molar-refractivity contribution in [2.75, 3.05) is 25.2 Å². The Morgan fingerprint density at radius 1 is 1.32 bits per heavy atom. The average Bonchev–Trinajstić information content (AvgIpc) is 2.38. The van der Waals surface area contributed by atoms with Gasteiger partial charge in [0.1, 0.15) is 19.0 Å². The fraction of sp³-hybridized carbons (Fsp3) is 0.273. The van der Waals surface area contributed by atoms with Gasteiger partial charge in [0.05, 0.1) is 23.8 Å². The van der Waals surface area contributed by atoms with Crippen LogP contribution in [0, 0.1) is 10.1 Å². The summed E-state index contributed by atoms with van der Waals surface area (Å²) in [6.07, 6.45) is 0. The van der Waals surface area contributed by atoms with E-state index in [1.165, 1.54) is 19.2 Å². The third kappa shape index (κ3) is 2.38. The number of nitrogens with zero attached hydrogens (tertiary/aromatic N) is 2. The van der Waals surface area contributed by atoms with E-state index in [1.54, 1.807) is 0 Å². The number of methoxy groups -OCH3 is 1. The van der Waals surface area contributed by atoms with Gasteiger partial charge in [0.15, 0.2) is 0 Å². The summed E-state index contributed by atoms with van der Waals surface area (Å²) in [5.41, 5.74) is -0.0137. The van der Waals surface area contributed by atoms with Crippen LogP contribution >= 0.6 is 0 Å². The Hall–Kier alpha value is -2.48. The summed E-state index contributed by atoms with van der Waals surface area (Å²) in [6, 6.07) is 3.66. The minimum Gasteiger partial charge on any atom is -0.494 e. The minimum absolute atomic E-state index is 0.0813. The van der Waals surface area contributed by atoms with Crippen LogP contribution in [0.5, 0.6) is 5.75 Å². The number of non-ortho nitro benzene ring substituents is 1. The third-order valence-electron chi connectivity index (χ3n) is 2.56. The molecule has 1 aromatic rings. The van der Waals surface area contributed by atoms with E-state index in [-0.39, 0.29) is 30.3 Å². The predicted molar refractivity (Wildman–Crippen MR) is 63.0 cm³/mol. The van der Waals surface area contributed by atoms with Crippen LogP contribution in [-0.2, 0) is 14.3 Å². The van der Waals surface area contributed by atoms with E-state index in [1.807, 2.05) is 0 Å². The zero-order valence-corrected chi connectivity index (χ0v) is 9.99. The van der Waals surface area contributed by atoms with Crippen molar-refractivity contribution in [3.05, 3.63) is 28.3 Å². The first kappa shape index (κ1) is 13.0. The Morgan fingerprint density at radius 3 is 2.47 bits per heavy atom. The summed E-state index contributed by atoms with van der Waals surface area (Å²) in [5.74, 6) is -0.996. The number of carbonyl (C=O) groups excluding carboxylic acids is 2. The average molecular weight is 266 g/mol. The summed E-state index contributed by atoms with van der Waals surface area (Å²) in [7, 11) is 1.30. The summed E-state index contributed by atoms with van der Waals surface area (Å²) < 4.78 is 9.79. The molecule has 1 heterocycles. The maximum atomic E-state index is 11.7. The second-order valence-corrected chi connectivity index (χ2v) is 3.73. The number of nitro benzene ring substituents is 1. The van der Waals surface area contributed by atoms with E-state index in [4.69, 9.17) is 9.47 Å². The lowest BCUT2D eigenvalue weighted by molar-refractivity contribution is -0.384. The molecule has 19 heavy (non-hydrogen) atoms. The van der Waals surface area contributed by atoms with Crippen LogP contribution in [0.2, 0.25) is 0 Å². The number of rotatable bonds is 3. The van der Waals surface area contributed by atoms with E-state index in [2.05, 4.69) is 0 Å². The van der Waals surface area contributed by atoms with E-state index < -0.39 is 16.7 Å². The molecule has 0 N–H and O–H groups in total. The van der Waals surface area contributed by atoms with E-state index in [0.717, 1.165) is 11.0 Å². The highest BCUT2D eigenvalue weighted by Crippen LogP contribution is 2.33. The molecule has 2 amide bonds. The molecule has 1 aliphatic rings. The van der Waals surface area contributed by atoms with Gasteiger partial charge in [-0.3, -0.25) is 19.7 Å². The molecule has 2 rings (SSSR count). The third-order valence-corrected chi connectivity index (χ3v) is 2.56. The van der Waals surface area contributed by atoms with Gasteiger partial charge in [0.2, 0.25) is 0 Å². The topological polar surface area (TPSA) is 99.0 Å². The molecule has 1 fully saturated rings. The molecular weight excluding hydrogens is 256 g/mol. The number of hydrogen-bond acceptors (Lipinski definition) is 6. The van der Waals surface area contributed by atoms with Gasteiger partial charge in [0, 0.05) is 6.07 Å². The zero-order chi connectivity index (χ0) is 14.0. The summed E-state index contributed by atoms with van der Waals surface area (Å²) in [5, 5.41) is 10.7. The van der Waals surface area contributed by atoms with Crippen LogP contribution in [0.25, 0.3) is 0 Å². The Morgan fingerprint density at radius 2 is 1.95 bits per heavy atom. The molecular formula is C11H10N2O6. The highest BCUT2D eigenvalue weighted by Gasteiger charge is 2.31. The lowest BCUT2D eigenvalue weighted by Crippen LogP contribution is -2.46. The van der Waals surface area contributed by atoms with Crippen molar-refractivity contribution in [3.63, 3.8) is 0 Å². The number of hydrogen-bond donors (Lipinski definition) is 0. The number of imide groups is 1. The van der Waals surface area contributed by atoms with Crippen molar-refractivity contribution in [2.45, 2.75) is 0 Å². The maximum absolute atomic E-state index is 11.7. The van der Waals surface area contributed by atoms with E-state index >= 15 is 0 Å². The number of benzene rings is 1. The first-order chi connectivity index (χ1) is 9.04. The number of amides is 2. The second-order valence-electron chi connectivity index (χ2n) is 3.73. The Kier molecular flexibility index (Phi) is 3.43. The molecule has 0 spiro atoms. The molecule has 0 bridgehead atoms. The molecule has 0 saturated carbocycles. The number of anilines is 1. The van der Waals surface area contributed by atoms with Gasteiger partial charge >= 0.3 is 0 Å². The summed E-state index contributed by atoms with van der Waals surface area (Å²) >= 11 is 0. The highest BCUT2D eigenvalue weighted by atomic mass is 16.6. The van der Waals surface area contributed by atoms with Crippen LogP contribution in [0.1, 0.15) is 0 Å². The van der Waals surface area contributed by atoms with Gasteiger partial charge in [-0.2, -0.15) is 0 Å². The zero-order valence-electron chi connectivity index (χ0n) is 9.99. The Labute approximate surface area is 107 Å². The predicted octanol–water partition coefficient (Wildman–Crippen LogP) is 0.493. The second kappa shape index (κ2) is 5.02. The van der Waals surface area contributed by atoms with Crippen molar-refractivity contribution in [1.82, 2.24) is 0 Å². The first-order valence-corrected chi connectivity index (χ1v) is 5.30. The van der Waals surface area contributed by atoms with Gasteiger partial charge in [-0.25, -0.2) is 4.90 Å². The van der Waals surface area contributed by atoms with E-state index in [9.17, 15) is 19.7 Å². The minimum atomic E-state index is -0.588. The van der Waals surface area contributed by atoms with Gasteiger partial charge in [-0.05, 0) is 6.07 Å². The van der Waals surface area contributed by atoms with Crippen molar-refractivity contribution in [2.24, 2.45) is 0 Å². The number of morpholine rings is 1. The molecule has 1 saturated heterocycles. The van der Waals surface area contributed by atoms with Crippen molar-refractivity contribution in [3.8, 4) is 5.75 Å². The van der Waals surface area contributed by atoms with Gasteiger partial charge in [-0.1, -0.05) is 0 Å². The van der Waals surface area contributed by atoms with Crippen LogP contribution in [0.3, 0.4) is 0 Å². The lowest BCUT2D eigenvalue weighted by Gasteiger charge is -2.26. The van der Waals surface area contributed by atoms with Crippen LogP contribution in [0.15, 0.2) is 18.2 Å². The molecule has 0 unspecified atom stereocenters. The van der Waals surface area contributed by atoms with Crippen LogP contribution in [0.4, 0.5) is 11.4 Å². The first-order valence-electron chi connectivity index (χ1n) is 5.30. The summed E-state index contributed by atoms with van der Waals surface area (Å²) in [6.45, 7) is -0.433. The van der Waals surface area contributed by atoms with Crippen molar-refractivity contribution in [1.29, 1.82) is 0 Å². The highest BCUT2D eigenvalue weighted by molar-refractivity contribution is 6.17. The number of ether oxygens (including phenoxy) is 2. The Balaban J connectivity index is 2.46. The lowest BCUT2D eigenvalue weighted by atomic mass is 10.2. The number of nitro groups is 1. The SMILES string of the molecule is COc1cc([N+](=O)[O-])ccc1N1C(=O)COCC1=O. The van der Waals surface area contributed by atoms with Crippen LogP contribution in [-0.4, -0.2) is 37.1 Å². The van der Waals surface area contributed by atoms with Crippen molar-refractivity contribution >= 4 is 23.2 Å². The molecule has 8 nitrogen and oxygen atoms in total. The molecule has 1 aromatic carbocycles. The fourth-order valence-corrected chi connectivity index (χ4v) is 1.73. The largest absolute Gasteiger partial charge is 0.494 e. The van der Waals surface area contributed by atoms with Gasteiger partial charge < -0.3 is 9.47 Å². The molecule has 0 radical (unpaired) electrons. The monoisotopic (exact) mass is 266 g/mol. The normalized spacial score (nSPS) is 15.5. The smallest absolute Gasteiger partial charge is 0.273 e. The molecule has 100 valence electrons. The standard InChI is InChI=1S/C11H10N2O6/c1-18-9-4-7(13(16)17)2-3-8(9)12-10(14)5-19-6-11(12)15/h2-4H,5-6H2,1H3. The van der Waals surface area contributed by atoms with Gasteiger partial charge in [-0.15, -0.1) is 0 Å². The van der Waals surface area contributed by atoms with Crippen LogP contribution < -0.4 is 9.64 Å². The fourth-order valence-electron chi connectivity index (χ4n) is 1.73. The van der Waals surface area contributed by atoms with E-state index in [0.29, 0.717) is 0 Å². The molecule has 8 heteroatoms. The molecule has 0 aromatic heterocycles. The molecule has 0 atom stereocenters. The maximum Gasteiger partial charge on any atom is 0.273 e. The molecule has 0 aliphatic carbocycles. The quantitative estimate of drug-likeness (QED) is 0.448.